The lowest BCUT2D eigenvalue weighted by Crippen LogP contribution is -1.96. The molecule has 0 aliphatic rings. The molecule has 1 aromatic carbocycles. The van der Waals surface area contributed by atoms with Crippen molar-refractivity contribution in [2.24, 2.45) is 0 Å². The summed E-state index contributed by atoms with van der Waals surface area (Å²) in [5.41, 5.74) is 1.29. The second-order valence-corrected chi connectivity index (χ2v) is 3.05. The van der Waals surface area contributed by atoms with Gasteiger partial charge in [0.25, 0.3) is 0 Å². The largest absolute Gasteiger partial charge is 0.388 e. The molecule has 0 amide bonds. The van der Waals surface area contributed by atoms with Crippen molar-refractivity contribution in [2.45, 2.75) is 19.4 Å². The second-order valence-electron chi connectivity index (χ2n) is 3.05. The Hall–Kier alpha value is -1.15. The van der Waals surface area contributed by atoms with Gasteiger partial charge in [-0.05, 0) is 30.5 Å². The first-order valence-electron chi connectivity index (χ1n) is 4.20. The average molecular weight is 180 g/mol. The minimum atomic E-state index is -0.572. The van der Waals surface area contributed by atoms with Crippen LogP contribution in [0.25, 0.3) is 0 Å². The van der Waals surface area contributed by atoms with Crippen LogP contribution in [0.5, 0.6) is 0 Å². The quantitative estimate of drug-likeness (QED) is 0.709. The molecule has 0 spiro atoms. The first-order chi connectivity index (χ1) is 6.15. The Bertz CT molecular complexity index is 307. The van der Waals surface area contributed by atoms with Crippen molar-refractivity contribution in [3.8, 4) is 0 Å². The van der Waals surface area contributed by atoms with Crippen LogP contribution in [0.1, 0.15) is 23.7 Å². The fourth-order valence-corrected chi connectivity index (χ4v) is 1.17. The zero-order valence-electron chi connectivity index (χ0n) is 7.63. The molecule has 1 rings (SSSR count). The minimum absolute atomic E-state index is 0.241. The van der Waals surface area contributed by atoms with Crippen molar-refractivity contribution in [1.82, 2.24) is 0 Å². The molecule has 0 radical (unpaired) electrons. The molecule has 0 bridgehead atoms. The molecule has 0 aliphatic heterocycles. The number of aliphatic hydroxyl groups is 1. The van der Waals surface area contributed by atoms with E-state index in [1.807, 2.05) is 0 Å². The van der Waals surface area contributed by atoms with E-state index in [1.165, 1.54) is 6.07 Å². The number of aryl methyl sites for hydroxylation is 1. The van der Waals surface area contributed by atoms with Gasteiger partial charge in [0.15, 0.2) is 0 Å². The van der Waals surface area contributed by atoms with E-state index in [2.05, 4.69) is 6.58 Å². The van der Waals surface area contributed by atoms with Crippen LogP contribution in [0, 0.1) is 12.7 Å². The maximum absolute atomic E-state index is 12.8. The summed E-state index contributed by atoms with van der Waals surface area (Å²) in [6.45, 7) is 5.21. The summed E-state index contributed by atoms with van der Waals surface area (Å²) in [6.07, 6.45) is 1.56. The third kappa shape index (κ3) is 2.39. The van der Waals surface area contributed by atoms with Gasteiger partial charge in [-0.25, -0.2) is 4.39 Å². The number of hydrogen-bond acceptors (Lipinski definition) is 1. The number of rotatable bonds is 3. The molecule has 0 unspecified atom stereocenters. The van der Waals surface area contributed by atoms with Crippen LogP contribution in [0.15, 0.2) is 30.9 Å². The molecule has 70 valence electrons. The van der Waals surface area contributed by atoms with Gasteiger partial charge in [-0.1, -0.05) is 18.2 Å². The zero-order valence-corrected chi connectivity index (χ0v) is 7.63. The molecule has 0 heterocycles. The maximum Gasteiger partial charge on any atom is 0.126 e. The number of aliphatic hydroxyl groups excluding tert-OH is 1. The van der Waals surface area contributed by atoms with Crippen molar-refractivity contribution >= 4 is 0 Å². The van der Waals surface area contributed by atoms with E-state index < -0.39 is 6.10 Å². The van der Waals surface area contributed by atoms with Gasteiger partial charge in [-0.2, -0.15) is 0 Å². The Labute approximate surface area is 77.5 Å². The smallest absolute Gasteiger partial charge is 0.126 e. The van der Waals surface area contributed by atoms with Gasteiger partial charge in [0, 0.05) is 0 Å². The van der Waals surface area contributed by atoms with Crippen molar-refractivity contribution in [3.05, 3.63) is 47.8 Å². The monoisotopic (exact) mass is 180 g/mol. The summed E-state index contributed by atoms with van der Waals surface area (Å²) in [4.78, 5) is 0. The standard InChI is InChI=1S/C11H13FO/c1-3-4-11(13)9-5-6-10(12)8(2)7-9/h3,5-7,11,13H,1,4H2,2H3/t11-/m0/s1. The lowest BCUT2D eigenvalue weighted by molar-refractivity contribution is 0.181. The topological polar surface area (TPSA) is 20.2 Å². The van der Waals surface area contributed by atoms with E-state index in [4.69, 9.17) is 0 Å². The minimum Gasteiger partial charge on any atom is -0.388 e. The van der Waals surface area contributed by atoms with E-state index in [9.17, 15) is 9.50 Å². The molecule has 1 nitrogen and oxygen atoms in total. The van der Waals surface area contributed by atoms with Crippen LogP contribution in [0.4, 0.5) is 4.39 Å². The summed E-state index contributed by atoms with van der Waals surface area (Å²) in [5, 5.41) is 9.54. The highest BCUT2D eigenvalue weighted by atomic mass is 19.1. The van der Waals surface area contributed by atoms with Crippen molar-refractivity contribution in [2.75, 3.05) is 0 Å². The first kappa shape index (κ1) is 9.93. The fraction of sp³-hybridized carbons (Fsp3) is 0.273. The van der Waals surface area contributed by atoms with Crippen molar-refractivity contribution in [1.29, 1.82) is 0 Å². The van der Waals surface area contributed by atoms with Gasteiger partial charge in [0.2, 0.25) is 0 Å². The molecule has 1 aromatic rings. The van der Waals surface area contributed by atoms with E-state index in [0.717, 1.165) is 5.56 Å². The summed E-state index contributed by atoms with van der Waals surface area (Å²) in [6, 6.07) is 4.62. The molecule has 0 aromatic heterocycles. The number of benzene rings is 1. The molecule has 13 heavy (non-hydrogen) atoms. The van der Waals surface area contributed by atoms with Crippen LogP contribution in [0.3, 0.4) is 0 Å². The zero-order chi connectivity index (χ0) is 9.84. The fourth-order valence-electron chi connectivity index (χ4n) is 1.17. The Balaban J connectivity index is 2.89. The van der Waals surface area contributed by atoms with Gasteiger partial charge in [-0.15, -0.1) is 6.58 Å². The third-order valence-electron chi connectivity index (χ3n) is 1.96. The van der Waals surface area contributed by atoms with Crippen LogP contribution in [-0.2, 0) is 0 Å². The molecule has 0 aliphatic carbocycles. The number of hydrogen-bond donors (Lipinski definition) is 1. The predicted molar refractivity (Wildman–Crippen MR) is 50.9 cm³/mol. The lowest BCUT2D eigenvalue weighted by atomic mass is 10.0. The first-order valence-corrected chi connectivity index (χ1v) is 4.20. The maximum atomic E-state index is 12.8. The Morgan fingerprint density at radius 3 is 2.85 bits per heavy atom. The summed E-state index contributed by atoms with van der Waals surface area (Å²) >= 11 is 0. The Morgan fingerprint density at radius 1 is 1.62 bits per heavy atom. The van der Waals surface area contributed by atoms with Gasteiger partial charge < -0.3 is 5.11 Å². The Kier molecular flexibility index (Phi) is 3.20. The molecule has 2 heteroatoms. The van der Waals surface area contributed by atoms with Crippen LogP contribution < -0.4 is 0 Å². The lowest BCUT2D eigenvalue weighted by Gasteiger charge is -2.09. The normalized spacial score (nSPS) is 12.5. The van der Waals surface area contributed by atoms with Crippen LogP contribution in [0.2, 0.25) is 0 Å². The molecule has 0 saturated carbocycles. The van der Waals surface area contributed by atoms with E-state index in [0.29, 0.717) is 12.0 Å². The molecule has 0 fully saturated rings. The Morgan fingerprint density at radius 2 is 2.31 bits per heavy atom. The van der Waals surface area contributed by atoms with Gasteiger partial charge >= 0.3 is 0 Å². The molecule has 0 saturated heterocycles. The molecular formula is C11H13FO. The van der Waals surface area contributed by atoms with E-state index in [-0.39, 0.29) is 5.82 Å². The molecule has 1 N–H and O–H groups in total. The van der Waals surface area contributed by atoms with Gasteiger partial charge in [-0.3, -0.25) is 0 Å². The predicted octanol–water partition coefficient (Wildman–Crippen LogP) is 2.74. The SMILES string of the molecule is C=CC[C@H](O)c1ccc(F)c(C)c1. The van der Waals surface area contributed by atoms with E-state index in [1.54, 1.807) is 25.1 Å². The highest BCUT2D eigenvalue weighted by molar-refractivity contribution is 5.25. The van der Waals surface area contributed by atoms with Crippen LogP contribution in [-0.4, -0.2) is 5.11 Å². The molecule has 1 atom stereocenters. The highest BCUT2D eigenvalue weighted by Crippen LogP contribution is 2.19. The van der Waals surface area contributed by atoms with Crippen molar-refractivity contribution in [3.63, 3.8) is 0 Å². The molecular weight excluding hydrogens is 167 g/mol. The number of halogens is 1. The summed E-state index contributed by atoms with van der Waals surface area (Å²) in [5.74, 6) is -0.241. The van der Waals surface area contributed by atoms with E-state index >= 15 is 0 Å². The van der Waals surface area contributed by atoms with Gasteiger partial charge in [0.1, 0.15) is 5.82 Å². The highest BCUT2D eigenvalue weighted by Gasteiger charge is 2.06. The van der Waals surface area contributed by atoms with Gasteiger partial charge in [0.05, 0.1) is 6.10 Å². The second kappa shape index (κ2) is 4.19. The third-order valence-corrected chi connectivity index (χ3v) is 1.96. The summed E-state index contributed by atoms with van der Waals surface area (Å²) < 4.78 is 12.8. The summed E-state index contributed by atoms with van der Waals surface area (Å²) in [7, 11) is 0. The van der Waals surface area contributed by atoms with Crippen molar-refractivity contribution < 1.29 is 9.50 Å². The van der Waals surface area contributed by atoms with Crippen LogP contribution >= 0.6 is 0 Å². The average Bonchev–Trinajstić information content (AvgIpc) is 2.10.